The number of aromatic nitrogens is 1. The lowest BCUT2D eigenvalue weighted by molar-refractivity contribution is -0.116. The van der Waals surface area contributed by atoms with E-state index in [1.54, 1.807) is 19.1 Å². The van der Waals surface area contributed by atoms with Crippen LogP contribution in [0.2, 0.25) is 0 Å². The van der Waals surface area contributed by atoms with Gasteiger partial charge in [-0.05, 0) is 37.6 Å². The molecule has 0 atom stereocenters. The van der Waals surface area contributed by atoms with Crippen LogP contribution in [0, 0.1) is 0 Å². The molecule has 2 aromatic rings. The molecule has 1 heterocycles. The van der Waals surface area contributed by atoms with E-state index in [0.717, 1.165) is 5.75 Å². The summed E-state index contributed by atoms with van der Waals surface area (Å²) >= 11 is 0. The van der Waals surface area contributed by atoms with Gasteiger partial charge in [0.2, 0.25) is 5.91 Å². The smallest absolute Gasteiger partial charge is 0.341 e. The molecule has 6 nitrogen and oxygen atoms in total. The number of nitrogens with zero attached hydrogens (tertiary/aromatic N) is 1. The van der Waals surface area contributed by atoms with Crippen LogP contribution in [0.5, 0.6) is 5.75 Å². The molecule has 1 amide bonds. The van der Waals surface area contributed by atoms with Gasteiger partial charge in [-0.3, -0.25) is 4.79 Å². The Bertz CT molecular complexity index is 674. The summed E-state index contributed by atoms with van der Waals surface area (Å²) in [6, 6.07) is 12.6. The van der Waals surface area contributed by atoms with E-state index in [9.17, 15) is 9.59 Å². The summed E-state index contributed by atoms with van der Waals surface area (Å²) in [6.07, 6.45) is 2.34. The van der Waals surface area contributed by atoms with E-state index in [2.05, 4.69) is 10.3 Å². The summed E-state index contributed by atoms with van der Waals surface area (Å²) in [4.78, 5) is 27.9. The highest BCUT2D eigenvalue weighted by Crippen LogP contribution is 2.14. The van der Waals surface area contributed by atoms with Crippen molar-refractivity contribution in [2.24, 2.45) is 0 Å². The van der Waals surface area contributed by atoms with Crippen molar-refractivity contribution in [2.75, 3.05) is 18.5 Å². The number of amides is 1. The summed E-state index contributed by atoms with van der Waals surface area (Å²) < 4.78 is 10.5. The summed E-state index contributed by atoms with van der Waals surface area (Å²) in [5.74, 6) is 0.251. The largest absolute Gasteiger partial charge is 0.494 e. The van der Waals surface area contributed by atoms with Gasteiger partial charge in [0, 0.05) is 12.6 Å². The third kappa shape index (κ3) is 5.39. The molecule has 2 rings (SSSR count). The molecular weight excluding hydrogens is 308 g/mol. The zero-order chi connectivity index (χ0) is 17.2. The highest BCUT2D eigenvalue weighted by atomic mass is 16.5. The van der Waals surface area contributed by atoms with Gasteiger partial charge < -0.3 is 14.8 Å². The first-order valence-corrected chi connectivity index (χ1v) is 7.80. The number of para-hydroxylation sites is 1. The molecule has 0 bridgehead atoms. The fourth-order valence-electron chi connectivity index (χ4n) is 2.01. The number of ether oxygens (including phenoxy) is 2. The molecule has 24 heavy (non-hydrogen) atoms. The first kappa shape index (κ1) is 17.5. The summed E-state index contributed by atoms with van der Waals surface area (Å²) in [6.45, 7) is 2.42. The fraction of sp³-hybridized carbons (Fsp3) is 0.278. The number of nitrogens with one attached hydrogen (secondary N) is 1. The van der Waals surface area contributed by atoms with Crippen molar-refractivity contribution in [2.45, 2.75) is 19.8 Å². The predicted octanol–water partition coefficient (Wildman–Crippen LogP) is 3.06. The number of pyridine rings is 1. The van der Waals surface area contributed by atoms with Gasteiger partial charge in [-0.2, -0.15) is 0 Å². The van der Waals surface area contributed by atoms with Crippen LogP contribution in [0.3, 0.4) is 0 Å². The molecule has 1 aromatic heterocycles. The Labute approximate surface area is 140 Å². The second-order valence-electron chi connectivity index (χ2n) is 4.93. The third-order valence-corrected chi connectivity index (χ3v) is 3.12. The van der Waals surface area contributed by atoms with Gasteiger partial charge >= 0.3 is 5.97 Å². The van der Waals surface area contributed by atoms with Crippen LogP contribution < -0.4 is 10.1 Å². The van der Waals surface area contributed by atoms with Gasteiger partial charge in [-0.15, -0.1) is 0 Å². The van der Waals surface area contributed by atoms with Gasteiger partial charge in [-0.1, -0.05) is 18.2 Å². The van der Waals surface area contributed by atoms with E-state index in [0.29, 0.717) is 13.0 Å². The number of carbonyl (C=O) groups excluding carboxylic acids is 2. The zero-order valence-corrected chi connectivity index (χ0v) is 13.5. The SMILES string of the molecule is CCOC(=O)c1cccnc1NC(=O)CCCOc1ccccc1. The zero-order valence-electron chi connectivity index (χ0n) is 13.5. The van der Waals surface area contributed by atoms with Crippen molar-refractivity contribution >= 4 is 17.7 Å². The molecule has 126 valence electrons. The van der Waals surface area contributed by atoms with Crippen molar-refractivity contribution in [3.05, 3.63) is 54.2 Å². The summed E-state index contributed by atoms with van der Waals surface area (Å²) in [5.41, 5.74) is 0.244. The minimum absolute atomic E-state index is 0.213. The van der Waals surface area contributed by atoms with E-state index >= 15 is 0 Å². The Morgan fingerprint density at radius 2 is 1.92 bits per heavy atom. The number of benzene rings is 1. The van der Waals surface area contributed by atoms with Crippen LogP contribution in [0.25, 0.3) is 0 Å². The van der Waals surface area contributed by atoms with Gasteiger partial charge in [-0.25, -0.2) is 9.78 Å². The topological polar surface area (TPSA) is 77.5 Å². The monoisotopic (exact) mass is 328 g/mol. The Hall–Kier alpha value is -2.89. The van der Waals surface area contributed by atoms with E-state index in [1.807, 2.05) is 30.3 Å². The van der Waals surface area contributed by atoms with Crippen molar-refractivity contribution in [1.29, 1.82) is 0 Å². The molecule has 0 saturated heterocycles. The second kappa shape index (κ2) is 9.29. The number of anilines is 1. The lowest BCUT2D eigenvalue weighted by Crippen LogP contribution is -2.17. The van der Waals surface area contributed by atoms with Crippen LogP contribution in [-0.2, 0) is 9.53 Å². The van der Waals surface area contributed by atoms with Crippen LogP contribution >= 0.6 is 0 Å². The Morgan fingerprint density at radius 1 is 1.12 bits per heavy atom. The average molecular weight is 328 g/mol. The molecule has 0 aliphatic rings. The lowest BCUT2D eigenvalue weighted by Gasteiger charge is -2.09. The minimum Gasteiger partial charge on any atom is -0.494 e. The lowest BCUT2D eigenvalue weighted by atomic mass is 10.2. The fourth-order valence-corrected chi connectivity index (χ4v) is 2.01. The van der Waals surface area contributed by atoms with Crippen LogP contribution in [-0.4, -0.2) is 30.1 Å². The quantitative estimate of drug-likeness (QED) is 0.595. The Balaban J connectivity index is 1.81. The molecule has 0 radical (unpaired) electrons. The third-order valence-electron chi connectivity index (χ3n) is 3.12. The van der Waals surface area contributed by atoms with Crippen LogP contribution in [0.15, 0.2) is 48.7 Å². The van der Waals surface area contributed by atoms with E-state index < -0.39 is 5.97 Å². The molecule has 1 aromatic carbocycles. The van der Waals surface area contributed by atoms with Crippen molar-refractivity contribution in [3.63, 3.8) is 0 Å². The first-order valence-electron chi connectivity index (χ1n) is 7.80. The van der Waals surface area contributed by atoms with Crippen LogP contribution in [0.4, 0.5) is 5.82 Å². The van der Waals surface area contributed by atoms with Gasteiger partial charge in [0.25, 0.3) is 0 Å². The molecule has 0 saturated carbocycles. The van der Waals surface area contributed by atoms with Gasteiger partial charge in [0.05, 0.1) is 13.2 Å². The first-order chi connectivity index (χ1) is 11.7. The van der Waals surface area contributed by atoms with Crippen molar-refractivity contribution < 1.29 is 19.1 Å². The predicted molar refractivity (Wildman–Crippen MR) is 90.0 cm³/mol. The summed E-state index contributed by atoms with van der Waals surface area (Å²) in [5, 5.41) is 2.64. The highest BCUT2D eigenvalue weighted by molar-refractivity contribution is 5.99. The summed E-state index contributed by atoms with van der Waals surface area (Å²) in [7, 11) is 0. The highest BCUT2D eigenvalue weighted by Gasteiger charge is 2.15. The molecule has 6 heteroatoms. The maximum Gasteiger partial charge on any atom is 0.341 e. The van der Waals surface area contributed by atoms with Crippen LogP contribution in [0.1, 0.15) is 30.1 Å². The average Bonchev–Trinajstić information content (AvgIpc) is 2.60. The number of esters is 1. The Kier molecular flexibility index (Phi) is 6.76. The number of hydrogen-bond acceptors (Lipinski definition) is 5. The van der Waals surface area contributed by atoms with E-state index in [1.165, 1.54) is 6.20 Å². The molecule has 0 unspecified atom stereocenters. The molecular formula is C18H20N2O4. The minimum atomic E-state index is -0.506. The normalized spacial score (nSPS) is 10.0. The molecule has 0 spiro atoms. The van der Waals surface area contributed by atoms with E-state index in [-0.39, 0.29) is 30.3 Å². The number of carbonyl (C=O) groups is 2. The number of rotatable bonds is 8. The Morgan fingerprint density at radius 3 is 2.67 bits per heavy atom. The maximum absolute atomic E-state index is 12.0. The maximum atomic E-state index is 12.0. The van der Waals surface area contributed by atoms with E-state index in [4.69, 9.17) is 9.47 Å². The molecule has 0 aliphatic heterocycles. The molecule has 0 aliphatic carbocycles. The van der Waals surface area contributed by atoms with Crippen molar-refractivity contribution in [3.8, 4) is 5.75 Å². The molecule has 1 N–H and O–H groups in total. The molecule has 0 fully saturated rings. The van der Waals surface area contributed by atoms with Gasteiger partial charge in [0.15, 0.2) is 0 Å². The van der Waals surface area contributed by atoms with Crippen molar-refractivity contribution in [1.82, 2.24) is 4.98 Å². The second-order valence-corrected chi connectivity index (χ2v) is 4.93. The standard InChI is InChI=1S/C18H20N2O4/c1-2-23-18(22)15-10-6-12-19-17(15)20-16(21)11-7-13-24-14-8-4-3-5-9-14/h3-6,8-10,12H,2,7,11,13H2,1H3,(H,19,20,21). The number of hydrogen-bond donors (Lipinski definition) is 1. The van der Waals surface area contributed by atoms with Gasteiger partial charge in [0.1, 0.15) is 17.1 Å².